The molecule has 2 atom stereocenters. The number of carbonyl (C=O) groups is 1. The van der Waals surface area contributed by atoms with E-state index in [1.807, 2.05) is 0 Å². The van der Waals surface area contributed by atoms with Gasteiger partial charge in [0.05, 0.1) is 0 Å². The molecule has 2 saturated carbocycles. The van der Waals surface area contributed by atoms with Gasteiger partial charge in [-0.25, -0.2) is 0 Å². The van der Waals surface area contributed by atoms with Gasteiger partial charge in [-0.1, -0.05) is 31.5 Å². The first kappa shape index (κ1) is 13.3. The van der Waals surface area contributed by atoms with Gasteiger partial charge in [-0.3, -0.25) is 9.79 Å². The van der Waals surface area contributed by atoms with E-state index in [0.717, 1.165) is 29.7 Å². The highest BCUT2D eigenvalue weighted by Gasteiger charge is 2.40. The lowest BCUT2D eigenvalue weighted by molar-refractivity contribution is -0.119. The lowest BCUT2D eigenvalue weighted by atomic mass is 9.78. The van der Waals surface area contributed by atoms with Gasteiger partial charge >= 0.3 is 0 Å². The van der Waals surface area contributed by atoms with Gasteiger partial charge in [0.25, 0.3) is 0 Å². The Morgan fingerprint density at radius 2 is 2.37 bits per heavy atom. The average molecular weight is 281 g/mol. The molecule has 1 spiro atoms. The Balaban J connectivity index is 1.51. The van der Waals surface area contributed by atoms with Crippen molar-refractivity contribution in [1.82, 2.24) is 10.6 Å². The zero-order valence-corrected chi connectivity index (χ0v) is 12.4. The summed E-state index contributed by atoms with van der Waals surface area (Å²) < 4.78 is 0. The van der Waals surface area contributed by atoms with E-state index in [1.54, 1.807) is 11.8 Å². The molecule has 1 aliphatic heterocycles. The Kier molecular flexibility index (Phi) is 3.74. The van der Waals surface area contributed by atoms with Crippen LogP contribution in [0.15, 0.2) is 4.99 Å². The van der Waals surface area contributed by atoms with E-state index in [4.69, 9.17) is 0 Å². The van der Waals surface area contributed by atoms with E-state index in [-0.39, 0.29) is 18.0 Å². The predicted molar refractivity (Wildman–Crippen MR) is 79.4 cm³/mol. The van der Waals surface area contributed by atoms with Crippen molar-refractivity contribution in [2.24, 2.45) is 10.9 Å². The standard InChI is InChI=1S/C14H23N3OS/c1-10-3-2-6-14(7-10)9-19-13(17-14)15-8-12(18)16-11-4-5-11/h10-11H,2-9H2,1H3,(H,15,17)(H,16,18). The summed E-state index contributed by atoms with van der Waals surface area (Å²) in [6.45, 7) is 2.61. The smallest absolute Gasteiger partial charge is 0.241 e. The van der Waals surface area contributed by atoms with Crippen molar-refractivity contribution < 1.29 is 4.79 Å². The molecule has 2 unspecified atom stereocenters. The Hall–Kier alpha value is -0.710. The molecule has 3 fully saturated rings. The second-order valence-corrected chi connectivity index (χ2v) is 7.32. The molecule has 0 radical (unpaired) electrons. The molecule has 1 amide bonds. The van der Waals surface area contributed by atoms with Gasteiger partial charge < -0.3 is 10.6 Å². The number of nitrogens with one attached hydrogen (secondary N) is 2. The van der Waals surface area contributed by atoms with Crippen LogP contribution in [0.25, 0.3) is 0 Å². The van der Waals surface area contributed by atoms with E-state index < -0.39 is 0 Å². The van der Waals surface area contributed by atoms with Crippen molar-refractivity contribution in [2.45, 2.75) is 57.0 Å². The van der Waals surface area contributed by atoms with Crippen molar-refractivity contribution in [3.05, 3.63) is 0 Å². The third-order valence-electron chi connectivity index (χ3n) is 4.26. The monoisotopic (exact) mass is 281 g/mol. The van der Waals surface area contributed by atoms with Crippen LogP contribution in [0.2, 0.25) is 0 Å². The summed E-state index contributed by atoms with van der Waals surface area (Å²) in [5, 5.41) is 7.54. The Bertz CT molecular complexity index is 394. The first-order chi connectivity index (χ1) is 9.15. The minimum absolute atomic E-state index is 0.0652. The molecule has 0 bridgehead atoms. The summed E-state index contributed by atoms with van der Waals surface area (Å²) in [6, 6.07) is 0.433. The van der Waals surface area contributed by atoms with Crippen molar-refractivity contribution in [1.29, 1.82) is 0 Å². The van der Waals surface area contributed by atoms with E-state index >= 15 is 0 Å². The number of aliphatic imine (C=N–C) groups is 1. The maximum atomic E-state index is 11.6. The van der Waals surface area contributed by atoms with Gasteiger partial charge in [0.15, 0.2) is 5.17 Å². The fraction of sp³-hybridized carbons (Fsp3) is 0.857. The van der Waals surface area contributed by atoms with Crippen LogP contribution in [-0.2, 0) is 4.79 Å². The van der Waals surface area contributed by atoms with Crippen LogP contribution in [0.1, 0.15) is 45.4 Å². The van der Waals surface area contributed by atoms with Gasteiger partial charge in [-0.05, 0) is 31.6 Å². The molecule has 1 saturated heterocycles. The summed E-state index contributed by atoms with van der Waals surface area (Å²) in [5.41, 5.74) is 0.258. The third-order valence-corrected chi connectivity index (χ3v) is 5.46. The Morgan fingerprint density at radius 1 is 1.53 bits per heavy atom. The maximum absolute atomic E-state index is 11.6. The van der Waals surface area contributed by atoms with Crippen LogP contribution in [0, 0.1) is 5.92 Å². The number of amidine groups is 1. The SMILES string of the molecule is CC1CCCC2(CSC(=NCC(=O)NC3CC3)N2)C1. The lowest BCUT2D eigenvalue weighted by Crippen LogP contribution is -2.47. The highest BCUT2D eigenvalue weighted by molar-refractivity contribution is 8.14. The van der Waals surface area contributed by atoms with Crippen LogP contribution in [0.5, 0.6) is 0 Å². The van der Waals surface area contributed by atoms with Gasteiger partial charge in [0.2, 0.25) is 5.91 Å². The third kappa shape index (κ3) is 3.44. The number of nitrogens with zero attached hydrogens (tertiary/aromatic N) is 1. The van der Waals surface area contributed by atoms with Gasteiger partial charge in [0.1, 0.15) is 6.54 Å². The first-order valence-corrected chi connectivity index (χ1v) is 8.39. The van der Waals surface area contributed by atoms with E-state index in [0.29, 0.717) is 6.04 Å². The number of rotatable bonds is 3. The fourth-order valence-electron chi connectivity index (χ4n) is 3.14. The molecule has 5 heteroatoms. The topological polar surface area (TPSA) is 53.5 Å². The van der Waals surface area contributed by atoms with Crippen LogP contribution in [0.4, 0.5) is 0 Å². The van der Waals surface area contributed by atoms with Crippen molar-refractivity contribution in [3.8, 4) is 0 Å². The average Bonchev–Trinajstić information content (AvgIpc) is 3.09. The summed E-state index contributed by atoms with van der Waals surface area (Å²) in [5.74, 6) is 1.98. The maximum Gasteiger partial charge on any atom is 0.241 e. The Labute approximate surface area is 119 Å². The number of hydrogen-bond donors (Lipinski definition) is 2. The molecule has 2 N–H and O–H groups in total. The molecule has 0 aromatic carbocycles. The molecule has 0 aromatic heterocycles. The van der Waals surface area contributed by atoms with E-state index in [9.17, 15) is 4.79 Å². The lowest BCUT2D eigenvalue weighted by Gasteiger charge is -2.36. The molecular weight excluding hydrogens is 258 g/mol. The normalized spacial score (nSPS) is 36.5. The predicted octanol–water partition coefficient (Wildman–Crippen LogP) is 1.91. The van der Waals surface area contributed by atoms with Gasteiger partial charge in [-0.2, -0.15) is 0 Å². The van der Waals surface area contributed by atoms with Crippen LogP contribution in [-0.4, -0.2) is 35.0 Å². The minimum Gasteiger partial charge on any atom is -0.359 e. The number of thioether (sulfide) groups is 1. The quantitative estimate of drug-likeness (QED) is 0.831. The molecule has 0 aromatic rings. The molecule has 1 heterocycles. The van der Waals surface area contributed by atoms with Crippen molar-refractivity contribution >= 4 is 22.8 Å². The molecule has 106 valence electrons. The molecular formula is C14H23N3OS. The van der Waals surface area contributed by atoms with Gasteiger partial charge in [0, 0.05) is 17.3 Å². The summed E-state index contributed by atoms with van der Waals surface area (Å²) in [4.78, 5) is 16.0. The van der Waals surface area contributed by atoms with Crippen molar-refractivity contribution in [3.63, 3.8) is 0 Å². The van der Waals surface area contributed by atoms with Crippen LogP contribution >= 0.6 is 11.8 Å². The number of amides is 1. The molecule has 4 nitrogen and oxygen atoms in total. The van der Waals surface area contributed by atoms with Gasteiger partial charge in [-0.15, -0.1) is 0 Å². The number of hydrogen-bond acceptors (Lipinski definition) is 3. The highest BCUT2D eigenvalue weighted by Crippen LogP contribution is 2.38. The summed E-state index contributed by atoms with van der Waals surface area (Å²) in [7, 11) is 0. The van der Waals surface area contributed by atoms with Crippen LogP contribution in [0.3, 0.4) is 0 Å². The first-order valence-electron chi connectivity index (χ1n) is 7.40. The number of carbonyl (C=O) groups excluding carboxylic acids is 1. The summed E-state index contributed by atoms with van der Waals surface area (Å²) >= 11 is 1.79. The second-order valence-electron chi connectivity index (χ2n) is 6.36. The zero-order chi connectivity index (χ0) is 13.3. The zero-order valence-electron chi connectivity index (χ0n) is 11.6. The molecule has 3 rings (SSSR count). The summed E-state index contributed by atoms with van der Waals surface area (Å²) in [6.07, 6.45) is 7.42. The fourth-order valence-corrected chi connectivity index (χ4v) is 4.33. The van der Waals surface area contributed by atoms with E-state index in [2.05, 4.69) is 22.5 Å². The molecule has 3 aliphatic rings. The largest absolute Gasteiger partial charge is 0.359 e. The Morgan fingerprint density at radius 3 is 3.11 bits per heavy atom. The van der Waals surface area contributed by atoms with E-state index in [1.165, 1.54) is 25.7 Å². The molecule has 19 heavy (non-hydrogen) atoms. The van der Waals surface area contributed by atoms with Crippen molar-refractivity contribution in [2.75, 3.05) is 12.3 Å². The van der Waals surface area contributed by atoms with Crippen LogP contribution < -0.4 is 10.6 Å². The minimum atomic E-state index is 0.0652. The second kappa shape index (κ2) is 5.35. The highest BCUT2D eigenvalue weighted by atomic mass is 32.2. The molecule has 2 aliphatic carbocycles.